The number of hydrogen-bond acceptors (Lipinski definition) is 6. The molecule has 3 rings (SSSR count). The Kier molecular flexibility index (Phi) is 6.57. The Balaban J connectivity index is 1.62. The highest BCUT2D eigenvalue weighted by Gasteiger charge is 2.16. The number of hydrogen-bond donors (Lipinski definition) is 0. The zero-order valence-corrected chi connectivity index (χ0v) is 15.9. The summed E-state index contributed by atoms with van der Waals surface area (Å²) in [6.45, 7) is 3.97. The normalized spacial score (nSPS) is 11.1. The largest absolute Gasteiger partial charge is 0.426 e. The summed E-state index contributed by atoms with van der Waals surface area (Å²) in [6, 6.07) is 14.7. The van der Waals surface area contributed by atoms with Crippen molar-refractivity contribution in [3.05, 3.63) is 67.3 Å². The number of benzene rings is 2. The Labute approximate surface area is 164 Å². The van der Waals surface area contributed by atoms with Gasteiger partial charge in [0.05, 0.1) is 17.3 Å². The second-order valence-electron chi connectivity index (χ2n) is 6.30. The third kappa shape index (κ3) is 5.07. The van der Waals surface area contributed by atoms with Crippen LogP contribution in [0.1, 0.15) is 26.7 Å². The van der Waals surface area contributed by atoms with Gasteiger partial charge in [-0.2, -0.15) is 10.2 Å². The molecule has 6 nitrogen and oxygen atoms in total. The molecule has 0 N–H and O–H groups in total. The van der Waals surface area contributed by atoms with Crippen LogP contribution in [0.4, 0.5) is 11.4 Å². The number of azo groups is 1. The Hall–Kier alpha value is -3.41. The number of nitrogens with zero attached hydrogens (tertiary/aromatic N) is 4. The maximum atomic E-state index is 12.0. The van der Waals surface area contributed by atoms with Crippen LogP contribution < -0.4 is 4.74 Å². The van der Waals surface area contributed by atoms with E-state index in [9.17, 15) is 4.79 Å². The Morgan fingerprint density at radius 3 is 1.93 bits per heavy atom. The zero-order valence-electron chi connectivity index (χ0n) is 15.9. The van der Waals surface area contributed by atoms with Gasteiger partial charge in [-0.3, -0.25) is 4.79 Å². The molecular weight excluding hydrogens is 352 g/mol. The summed E-state index contributed by atoms with van der Waals surface area (Å²) in [5, 5.41) is 8.47. The lowest BCUT2D eigenvalue weighted by Crippen LogP contribution is -2.19. The summed E-state index contributed by atoms with van der Waals surface area (Å²) in [5.74, 6) is 0.262. The van der Waals surface area contributed by atoms with Crippen LogP contribution in [0.15, 0.2) is 77.5 Å². The van der Waals surface area contributed by atoms with Crippen molar-refractivity contribution in [1.29, 1.82) is 0 Å². The van der Waals surface area contributed by atoms with Crippen LogP contribution in [0, 0.1) is 5.92 Å². The van der Waals surface area contributed by atoms with Gasteiger partial charge in [0.25, 0.3) is 0 Å². The first-order valence-electron chi connectivity index (χ1n) is 9.28. The molecule has 3 aromatic rings. The van der Waals surface area contributed by atoms with Crippen molar-refractivity contribution in [2.24, 2.45) is 16.1 Å². The van der Waals surface area contributed by atoms with Gasteiger partial charge in [0, 0.05) is 18.0 Å². The second kappa shape index (κ2) is 9.50. The highest BCUT2D eigenvalue weighted by atomic mass is 16.5. The van der Waals surface area contributed by atoms with Crippen LogP contribution in [0.2, 0.25) is 0 Å². The van der Waals surface area contributed by atoms with E-state index in [1.807, 2.05) is 38.1 Å². The molecule has 0 unspecified atom stereocenters. The number of ether oxygens (including phenoxy) is 1. The van der Waals surface area contributed by atoms with Crippen molar-refractivity contribution in [3.63, 3.8) is 0 Å². The number of aromatic nitrogens is 2. The first-order chi connectivity index (χ1) is 13.7. The summed E-state index contributed by atoms with van der Waals surface area (Å²) < 4.78 is 5.41. The molecule has 0 spiro atoms. The molecule has 142 valence electrons. The van der Waals surface area contributed by atoms with Gasteiger partial charge < -0.3 is 4.74 Å². The molecule has 0 aliphatic rings. The molecule has 2 aromatic carbocycles. The van der Waals surface area contributed by atoms with E-state index in [1.165, 1.54) is 6.33 Å². The Morgan fingerprint density at radius 1 is 0.857 bits per heavy atom. The summed E-state index contributed by atoms with van der Waals surface area (Å²) in [4.78, 5) is 20.1. The average Bonchev–Trinajstić information content (AvgIpc) is 2.75. The standard InChI is InChI=1S/C22H22N4O2/c1-3-16(4-2)22(27)28-21-11-9-20(10-12-21)26-25-19-7-5-17(6-8-19)18-13-23-15-24-14-18/h5-16H,3-4H2,1-2H3. The van der Waals surface area contributed by atoms with E-state index in [1.54, 1.807) is 36.7 Å². The molecule has 1 aromatic heterocycles. The molecule has 0 atom stereocenters. The molecular formula is C22H22N4O2. The molecule has 1 heterocycles. The van der Waals surface area contributed by atoms with Gasteiger partial charge in [0.1, 0.15) is 12.1 Å². The molecule has 0 saturated carbocycles. The van der Waals surface area contributed by atoms with Gasteiger partial charge in [-0.1, -0.05) is 26.0 Å². The minimum atomic E-state index is -0.191. The second-order valence-corrected chi connectivity index (χ2v) is 6.30. The van der Waals surface area contributed by atoms with Crippen LogP contribution >= 0.6 is 0 Å². The fraction of sp³-hybridized carbons (Fsp3) is 0.227. The lowest BCUT2D eigenvalue weighted by atomic mass is 10.0. The highest BCUT2D eigenvalue weighted by Crippen LogP contribution is 2.24. The van der Waals surface area contributed by atoms with Gasteiger partial charge in [-0.05, 0) is 54.8 Å². The monoisotopic (exact) mass is 374 g/mol. The van der Waals surface area contributed by atoms with E-state index >= 15 is 0 Å². The van der Waals surface area contributed by atoms with Crippen molar-refractivity contribution < 1.29 is 9.53 Å². The lowest BCUT2D eigenvalue weighted by molar-refractivity contribution is -0.139. The van der Waals surface area contributed by atoms with Crippen LogP contribution in [-0.4, -0.2) is 15.9 Å². The topological polar surface area (TPSA) is 76.8 Å². The molecule has 0 radical (unpaired) electrons. The number of carbonyl (C=O) groups excluding carboxylic acids is 1. The lowest BCUT2D eigenvalue weighted by Gasteiger charge is -2.11. The quantitative estimate of drug-likeness (QED) is 0.293. The summed E-state index contributed by atoms with van der Waals surface area (Å²) in [5.41, 5.74) is 3.39. The van der Waals surface area contributed by atoms with Gasteiger partial charge >= 0.3 is 5.97 Å². The molecule has 0 aliphatic carbocycles. The van der Waals surface area contributed by atoms with E-state index in [-0.39, 0.29) is 11.9 Å². The average molecular weight is 374 g/mol. The minimum absolute atomic E-state index is 0.0650. The first-order valence-corrected chi connectivity index (χ1v) is 9.28. The van der Waals surface area contributed by atoms with Crippen molar-refractivity contribution in [2.75, 3.05) is 0 Å². The first kappa shape index (κ1) is 19.4. The number of carbonyl (C=O) groups is 1. The maximum absolute atomic E-state index is 12.0. The van der Waals surface area contributed by atoms with E-state index in [0.717, 1.165) is 29.7 Å². The molecule has 0 fully saturated rings. The summed E-state index contributed by atoms with van der Waals surface area (Å²) in [7, 11) is 0. The van der Waals surface area contributed by atoms with Crippen LogP contribution in [-0.2, 0) is 4.79 Å². The van der Waals surface area contributed by atoms with E-state index in [2.05, 4.69) is 20.2 Å². The third-order valence-corrected chi connectivity index (χ3v) is 4.42. The van der Waals surface area contributed by atoms with Crippen molar-refractivity contribution >= 4 is 17.3 Å². The van der Waals surface area contributed by atoms with Crippen molar-refractivity contribution in [2.45, 2.75) is 26.7 Å². The van der Waals surface area contributed by atoms with E-state index in [4.69, 9.17) is 4.74 Å². The van der Waals surface area contributed by atoms with Crippen LogP contribution in [0.5, 0.6) is 5.75 Å². The minimum Gasteiger partial charge on any atom is -0.426 e. The van der Waals surface area contributed by atoms with E-state index < -0.39 is 0 Å². The predicted molar refractivity (Wildman–Crippen MR) is 108 cm³/mol. The Morgan fingerprint density at radius 2 is 1.39 bits per heavy atom. The summed E-state index contributed by atoms with van der Waals surface area (Å²) >= 11 is 0. The molecule has 6 heteroatoms. The Bertz CT molecular complexity index is 919. The van der Waals surface area contributed by atoms with Crippen molar-refractivity contribution in [1.82, 2.24) is 9.97 Å². The fourth-order valence-corrected chi connectivity index (χ4v) is 2.69. The van der Waals surface area contributed by atoms with Gasteiger partial charge in [-0.25, -0.2) is 9.97 Å². The van der Waals surface area contributed by atoms with Crippen molar-refractivity contribution in [3.8, 4) is 16.9 Å². The molecule has 0 amide bonds. The van der Waals surface area contributed by atoms with Crippen LogP contribution in [0.25, 0.3) is 11.1 Å². The van der Waals surface area contributed by atoms with Gasteiger partial charge in [-0.15, -0.1) is 0 Å². The predicted octanol–water partition coefficient (Wildman–Crippen LogP) is 5.90. The molecule has 0 bridgehead atoms. The fourth-order valence-electron chi connectivity index (χ4n) is 2.69. The zero-order chi connectivity index (χ0) is 19.8. The van der Waals surface area contributed by atoms with Crippen LogP contribution in [0.3, 0.4) is 0 Å². The number of rotatable bonds is 7. The number of esters is 1. The third-order valence-electron chi connectivity index (χ3n) is 4.42. The van der Waals surface area contributed by atoms with Gasteiger partial charge in [0.2, 0.25) is 0 Å². The molecule has 0 saturated heterocycles. The molecule has 28 heavy (non-hydrogen) atoms. The smallest absolute Gasteiger partial charge is 0.314 e. The van der Waals surface area contributed by atoms with E-state index in [0.29, 0.717) is 11.4 Å². The van der Waals surface area contributed by atoms with Gasteiger partial charge in [0.15, 0.2) is 0 Å². The summed E-state index contributed by atoms with van der Waals surface area (Å²) in [6.07, 6.45) is 6.59. The SMILES string of the molecule is CCC(CC)C(=O)Oc1ccc(N=Nc2ccc(-c3cncnc3)cc2)cc1. The highest BCUT2D eigenvalue weighted by molar-refractivity contribution is 5.75. The molecule has 0 aliphatic heterocycles. The maximum Gasteiger partial charge on any atom is 0.314 e.